The number of hydrogen-bond donors (Lipinski definition) is 0. The van der Waals surface area contributed by atoms with Crippen LogP contribution in [0.3, 0.4) is 0 Å². The lowest BCUT2D eigenvalue weighted by Crippen LogP contribution is -2.36. The first-order chi connectivity index (χ1) is 6.15. The largest absolute Gasteiger partial charge is 0.467 e. The highest BCUT2D eigenvalue weighted by Crippen LogP contribution is 2.54. The van der Waals surface area contributed by atoms with Crippen LogP contribution in [0.2, 0.25) is 0 Å². The van der Waals surface area contributed by atoms with Crippen LogP contribution in [-0.4, -0.2) is 37.5 Å². The van der Waals surface area contributed by atoms with Gasteiger partial charge in [0.15, 0.2) is 5.60 Å². The minimum atomic E-state index is -0.717. The van der Waals surface area contributed by atoms with Crippen molar-refractivity contribution in [1.29, 1.82) is 0 Å². The van der Waals surface area contributed by atoms with E-state index in [0.717, 1.165) is 12.8 Å². The van der Waals surface area contributed by atoms with E-state index in [9.17, 15) is 4.79 Å². The van der Waals surface area contributed by atoms with Crippen molar-refractivity contribution in [1.82, 2.24) is 0 Å². The van der Waals surface area contributed by atoms with Crippen molar-refractivity contribution >= 4 is 5.97 Å². The van der Waals surface area contributed by atoms with Gasteiger partial charge in [-0.15, -0.1) is 0 Å². The van der Waals surface area contributed by atoms with Crippen molar-refractivity contribution in [2.45, 2.75) is 31.0 Å². The van der Waals surface area contributed by atoms with E-state index >= 15 is 0 Å². The van der Waals surface area contributed by atoms with Gasteiger partial charge in [0.25, 0.3) is 0 Å². The predicted octanol–water partition coefficient (Wildman–Crippen LogP) is 0.498. The SMILES string of the molecule is COC(=O)C1(C)OC12CCOCC2. The average Bonchev–Trinajstić information content (AvgIpc) is 2.72. The zero-order valence-corrected chi connectivity index (χ0v) is 7.96. The second-order valence-electron chi connectivity index (χ2n) is 3.73. The molecule has 2 rings (SSSR count). The first-order valence-corrected chi connectivity index (χ1v) is 4.51. The van der Waals surface area contributed by atoms with E-state index in [-0.39, 0.29) is 11.6 Å². The standard InChI is InChI=1S/C9H14O4/c1-8(7(10)11-2)9(13-8)3-5-12-6-4-9/h3-6H2,1-2H3. The van der Waals surface area contributed by atoms with E-state index in [1.165, 1.54) is 7.11 Å². The van der Waals surface area contributed by atoms with E-state index in [1.54, 1.807) is 6.92 Å². The molecule has 13 heavy (non-hydrogen) atoms. The second-order valence-corrected chi connectivity index (χ2v) is 3.73. The number of carbonyl (C=O) groups excluding carboxylic acids is 1. The number of ether oxygens (including phenoxy) is 3. The Kier molecular flexibility index (Phi) is 1.85. The minimum absolute atomic E-state index is 0.269. The molecule has 1 atom stereocenters. The molecular weight excluding hydrogens is 172 g/mol. The fourth-order valence-electron chi connectivity index (χ4n) is 2.07. The molecule has 2 fully saturated rings. The molecule has 2 saturated heterocycles. The molecule has 0 aromatic rings. The Morgan fingerprint density at radius 2 is 2.00 bits per heavy atom. The number of hydrogen-bond acceptors (Lipinski definition) is 4. The van der Waals surface area contributed by atoms with Crippen molar-refractivity contribution in [2.75, 3.05) is 20.3 Å². The molecule has 2 heterocycles. The predicted molar refractivity (Wildman–Crippen MR) is 44.3 cm³/mol. The van der Waals surface area contributed by atoms with Crippen LogP contribution >= 0.6 is 0 Å². The maximum atomic E-state index is 11.4. The molecule has 4 nitrogen and oxygen atoms in total. The van der Waals surface area contributed by atoms with Crippen molar-refractivity contribution in [3.05, 3.63) is 0 Å². The third-order valence-corrected chi connectivity index (χ3v) is 3.10. The van der Waals surface area contributed by atoms with Gasteiger partial charge in [-0.25, -0.2) is 4.79 Å². The van der Waals surface area contributed by atoms with Crippen LogP contribution in [0.25, 0.3) is 0 Å². The summed E-state index contributed by atoms with van der Waals surface area (Å²) < 4.78 is 15.5. The summed E-state index contributed by atoms with van der Waals surface area (Å²) in [7, 11) is 1.39. The van der Waals surface area contributed by atoms with Crippen molar-refractivity contribution in [3.63, 3.8) is 0 Å². The van der Waals surface area contributed by atoms with Crippen LogP contribution in [-0.2, 0) is 19.0 Å². The van der Waals surface area contributed by atoms with Gasteiger partial charge in [-0.3, -0.25) is 0 Å². The fraction of sp³-hybridized carbons (Fsp3) is 0.889. The van der Waals surface area contributed by atoms with Gasteiger partial charge in [-0.1, -0.05) is 0 Å². The highest BCUT2D eigenvalue weighted by Gasteiger charge is 2.72. The van der Waals surface area contributed by atoms with Gasteiger partial charge in [-0.05, 0) is 6.92 Å². The lowest BCUT2D eigenvalue weighted by Gasteiger charge is -2.20. The molecule has 4 heteroatoms. The maximum Gasteiger partial charge on any atom is 0.340 e. The van der Waals surface area contributed by atoms with Crippen LogP contribution in [0, 0.1) is 0 Å². The van der Waals surface area contributed by atoms with Gasteiger partial charge in [0.2, 0.25) is 0 Å². The maximum absolute atomic E-state index is 11.4. The van der Waals surface area contributed by atoms with Gasteiger partial charge < -0.3 is 14.2 Å². The number of rotatable bonds is 1. The molecule has 2 aliphatic rings. The number of methoxy groups -OCH3 is 1. The summed E-state index contributed by atoms with van der Waals surface area (Å²) in [4.78, 5) is 11.4. The zero-order chi connectivity index (χ0) is 9.53. The zero-order valence-electron chi connectivity index (χ0n) is 7.96. The molecule has 0 amide bonds. The Labute approximate surface area is 77.1 Å². The summed E-state index contributed by atoms with van der Waals surface area (Å²) in [5, 5.41) is 0. The van der Waals surface area contributed by atoms with Gasteiger partial charge >= 0.3 is 5.97 Å². The van der Waals surface area contributed by atoms with Gasteiger partial charge in [-0.2, -0.15) is 0 Å². The average molecular weight is 186 g/mol. The Balaban J connectivity index is 2.09. The van der Waals surface area contributed by atoms with Crippen LogP contribution in [0.4, 0.5) is 0 Å². The lowest BCUT2D eigenvalue weighted by molar-refractivity contribution is -0.146. The van der Waals surface area contributed by atoms with Crippen LogP contribution in [0.15, 0.2) is 0 Å². The molecule has 0 saturated carbocycles. The van der Waals surface area contributed by atoms with Crippen molar-refractivity contribution in [2.24, 2.45) is 0 Å². The number of epoxide rings is 1. The molecule has 0 N–H and O–H groups in total. The minimum Gasteiger partial charge on any atom is -0.467 e. The monoisotopic (exact) mass is 186 g/mol. The molecule has 0 aliphatic carbocycles. The molecule has 0 aromatic heterocycles. The summed E-state index contributed by atoms with van der Waals surface area (Å²) in [6, 6.07) is 0. The Morgan fingerprint density at radius 3 is 2.54 bits per heavy atom. The van der Waals surface area contributed by atoms with Gasteiger partial charge in [0.1, 0.15) is 5.60 Å². The van der Waals surface area contributed by atoms with Crippen molar-refractivity contribution in [3.8, 4) is 0 Å². The molecule has 0 bridgehead atoms. The Hall–Kier alpha value is -0.610. The first kappa shape index (κ1) is 8.97. The number of esters is 1. The summed E-state index contributed by atoms with van der Waals surface area (Å²) in [5.41, 5.74) is -1.01. The molecule has 1 spiro atoms. The quantitative estimate of drug-likeness (QED) is 0.442. The van der Waals surface area contributed by atoms with Gasteiger partial charge in [0, 0.05) is 26.1 Å². The normalized spacial score (nSPS) is 35.8. The highest BCUT2D eigenvalue weighted by atomic mass is 16.7. The summed E-state index contributed by atoms with van der Waals surface area (Å²) >= 11 is 0. The smallest absolute Gasteiger partial charge is 0.340 e. The van der Waals surface area contributed by atoms with E-state index < -0.39 is 5.60 Å². The third-order valence-electron chi connectivity index (χ3n) is 3.10. The van der Waals surface area contributed by atoms with E-state index in [4.69, 9.17) is 14.2 Å². The van der Waals surface area contributed by atoms with Crippen LogP contribution < -0.4 is 0 Å². The lowest BCUT2D eigenvalue weighted by atomic mass is 9.87. The second kappa shape index (κ2) is 2.69. The summed E-state index contributed by atoms with van der Waals surface area (Å²) in [5.74, 6) is -0.269. The van der Waals surface area contributed by atoms with Crippen LogP contribution in [0.1, 0.15) is 19.8 Å². The number of carbonyl (C=O) groups is 1. The molecular formula is C9H14O4. The van der Waals surface area contributed by atoms with E-state index in [1.807, 2.05) is 0 Å². The van der Waals surface area contributed by atoms with Gasteiger partial charge in [0.05, 0.1) is 7.11 Å². The molecule has 74 valence electrons. The van der Waals surface area contributed by atoms with Crippen LogP contribution in [0.5, 0.6) is 0 Å². The Bertz CT molecular complexity index is 232. The third kappa shape index (κ3) is 1.09. The topological polar surface area (TPSA) is 48.1 Å². The molecule has 1 unspecified atom stereocenters. The highest BCUT2D eigenvalue weighted by molar-refractivity contribution is 5.84. The van der Waals surface area contributed by atoms with E-state index in [2.05, 4.69) is 0 Å². The summed E-state index contributed by atoms with van der Waals surface area (Å²) in [6.07, 6.45) is 1.58. The first-order valence-electron chi connectivity index (χ1n) is 4.51. The molecule has 2 aliphatic heterocycles. The summed E-state index contributed by atoms with van der Waals surface area (Å²) in [6.45, 7) is 3.14. The fourth-order valence-corrected chi connectivity index (χ4v) is 2.07. The molecule has 0 radical (unpaired) electrons. The molecule has 0 aromatic carbocycles. The Morgan fingerprint density at radius 1 is 1.38 bits per heavy atom. The van der Waals surface area contributed by atoms with Crippen molar-refractivity contribution < 1.29 is 19.0 Å². The van der Waals surface area contributed by atoms with E-state index in [0.29, 0.717) is 13.2 Å².